The highest BCUT2D eigenvalue weighted by Crippen LogP contribution is 2.24. The fourth-order valence-corrected chi connectivity index (χ4v) is 1.73. The van der Waals surface area contributed by atoms with Crippen molar-refractivity contribution in [3.63, 3.8) is 0 Å². The number of hydrogen-bond acceptors (Lipinski definition) is 3. The molecule has 1 rings (SSSR count). The Kier molecular flexibility index (Phi) is 5.69. The summed E-state index contributed by atoms with van der Waals surface area (Å²) in [5.41, 5.74) is 0.345. The zero-order valence-corrected chi connectivity index (χ0v) is 11.4. The molecule has 106 valence electrons. The Bertz CT molecular complexity index is 429. The topological polar surface area (TPSA) is 44.4 Å². The van der Waals surface area contributed by atoms with Crippen LogP contribution in [0.5, 0.6) is 0 Å². The van der Waals surface area contributed by atoms with Crippen LogP contribution in [0.2, 0.25) is 0 Å². The smallest absolute Gasteiger partial charge is 0.239 e. The third-order valence-corrected chi connectivity index (χ3v) is 2.70. The first kappa shape index (κ1) is 15.4. The molecular weight excluding hydrogens is 252 g/mol. The van der Waals surface area contributed by atoms with Crippen LogP contribution in [0, 0.1) is 11.6 Å². The van der Waals surface area contributed by atoms with Gasteiger partial charge in [0.15, 0.2) is 0 Å². The number of halogens is 2. The fourth-order valence-electron chi connectivity index (χ4n) is 1.73. The second-order valence-corrected chi connectivity index (χ2v) is 4.22. The largest absolute Gasteiger partial charge is 0.361 e. The molecule has 4 nitrogen and oxygen atoms in total. The molecule has 6 heteroatoms. The van der Waals surface area contributed by atoms with Gasteiger partial charge in [-0.3, -0.25) is 4.79 Å². The Morgan fingerprint density at radius 3 is 2.37 bits per heavy atom. The molecule has 0 aliphatic carbocycles. The van der Waals surface area contributed by atoms with Crippen molar-refractivity contribution in [3.05, 3.63) is 29.3 Å². The number of carbonyl (C=O) groups is 1. The van der Waals surface area contributed by atoms with Crippen LogP contribution in [-0.4, -0.2) is 33.1 Å². The first-order valence-corrected chi connectivity index (χ1v) is 6.10. The normalized spacial score (nSPS) is 10.4. The van der Waals surface area contributed by atoms with Crippen LogP contribution in [0.25, 0.3) is 0 Å². The zero-order valence-electron chi connectivity index (χ0n) is 11.4. The lowest BCUT2D eigenvalue weighted by Crippen LogP contribution is -2.34. The van der Waals surface area contributed by atoms with Gasteiger partial charge >= 0.3 is 0 Å². The summed E-state index contributed by atoms with van der Waals surface area (Å²) in [4.78, 5) is 12.5. The lowest BCUT2D eigenvalue weighted by molar-refractivity contribution is -0.119. The summed E-state index contributed by atoms with van der Waals surface area (Å²) >= 11 is 0. The van der Waals surface area contributed by atoms with E-state index in [9.17, 15) is 13.6 Å². The quantitative estimate of drug-likeness (QED) is 0.818. The van der Waals surface area contributed by atoms with Gasteiger partial charge in [0.1, 0.15) is 17.3 Å². The van der Waals surface area contributed by atoms with E-state index in [1.165, 1.54) is 31.1 Å². The molecule has 0 aliphatic rings. The molecule has 0 bridgehead atoms. The second kappa shape index (κ2) is 7.04. The minimum atomic E-state index is -0.667. The van der Waals surface area contributed by atoms with Crippen molar-refractivity contribution in [2.45, 2.75) is 13.5 Å². The first-order chi connectivity index (χ1) is 8.99. The molecule has 0 saturated carbocycles. The number of nitrogens with zero attached hydrogens (tertiary/aromatic N) is 1. The lowest BCUT2D eigenvalue weighted by Gasteiger charge is -2.20. The van der Waals surface area contributed by atoms with Crippen LogP contribution in [0.1, 0.15) is 12.5 Å². The van der Waals surface area contributed by atoms with Crippen molar-refractivity contribution in [1.82, 2.24) is 10.6 Å². The molecule has 2 N–H and O–H groups in total. The maximum atomic E-state index is 13.9. The highest BCUT2D eigenvalue weighted by molar-refractivity contribution is 5.81. The number of hydrogen-bond donors (Lipinski definition) is 2. The molecule has 0 saturated heterocycles. The molecule has 0 fully saturated rings. The van der Waals surface area contributed by atoms with E-state index in [1.807, 2.05) is 6.92 Å². The molecule has 0 atom stereocenters. The van der Waals surface area contributed by atoms with Gasteiger partial charge < -0.3 is 15.5 Å². The van der Waals surface area contributed by atoms with Gasteiger partial charge in [-0.05, 0) is 24.2 Å². The Hall–Kier alpha value is -1.69. The summed E-state index contributed by atoms with van der Waals surface area (Å²) in [6, 6.07) is 2.56. The molecular formula is C13H19F2N3O. The van der Waals surface area contributed by atoms with E-state index in [4.69, 9.17) is 0 Å². The van der Waals surface area contributed by atoms with Crippen LogP contribution < -0.4 is 15.5 Å². The van der Waals surface area contributed by atoms with Gasteiger partial charge in [-0.15, -0.1) is 0 Å². The third-order valence-electron chi connectivity index (χ3n) is 2.70. The average Bonchev–Trinajstić information content (AvgIpc) is 2.35. The third kappa shape index (κ3) is 4.17. The number of benzene rings is 1. The van der Waals surface area contributed by atoms with Crippen LogP contribution in [0.3, 0.4) is 0 Å². The van der Waals surface area contributed by atoms with Gasteiger partial charge in [-0.25, -0.2) is 8.78 Å². The molecule has 0 radical (unpaired) electrons. The van der Waals surface area contributed by atoms with E-state index in [0.717, 1.165) is 6.54 Å². The second-order valence-electron chi connectivity index (χ2n) is 4.22. The first-order valence-electron chi connectivity index (χ1n) is 6.10. The molecule has 19 heavy (non-hydrogen) atoms. The maximum Gasteiger partial charge on any atom is 0.239 e. The molecule has 0 heterocycles. The van der Waals surface area contributed by atoms with E-state index in [2.05, 4.69) is 10.6 Å². The molecule has 0 spiro atoms. The summed E-state index contributed by atoms with van der Waals surface area (Å²) in [7, 11) is 2.95. The molecule has 0 unspecified atom stereocenters. The van der Waals surface area contributed by atoms with E-state index in [1.54, 1.807) is 0 Å². The van der Waals surface area contributed by atoms with Crippen molar-refractivity contribution >= 4 is 11.6 Å². The van der Waals surface area contributed by atoms with Gasteiger partial charge in [-0.2, -0.15) is 0 Å². The monoisotopic (exact) mass is 271 g/mol. The van der Waals surface area contributed by atoms with Crippen molar-refractivity contribution in [3.8, 4) is 0 Å². The fraction of sp³-hybridized carbons (Fsp3) is 0.462. The number of nitrogens with one attached hydrogen (secondary N) is 2. The van der Waals surface area contributed by atoms with E-state index >= 15 is 0 Å². The summed E-state index contributed by atoms with van der Waals surface area (Å²) in [5, 5.41) is 5.41. The number of anilines is 1. The van der Waals surface area contributed by atoms with Crippen LogP contribution in [0.4, 0.5) is 14.5 Å². The van der Waals surface area contributed by atoms with Crippen LogP contribution in [-0.2, 0) is 11.3 Å². The summed E-state index contributed by atoms with van der Waals surface area (Å²) in [6.45, 7) is 2.94. The molecule has 0 aromatic heterocycles. The maximum absolute atomic E-state index is 13.9. The Balaban J connectivity index is 2.92. The van der Waals surface area contributed by atoms with E-state index < -0.39 is 11.6 Å². The molecule has 1 aromatic carbocycles. The number of amides is 1. The Morgan fingerprint density at radius 1 is 1.32 bits per heavy atom. The highest BCUT2D eigenvalue weighted by Gasteiger charge is 2.16. The van der Waals surface area contributed by atoms with Gasteiger partial charge in [-0.1, -0.05) is 6.92 Å². The van der Waals surface area contributed by atoms with Gasteiger partial charge in [0, 0.05) is 20.6 Å². The van der Waals surface area contributed by atoms with Crippen molar-refractivity contribution in [2.75, 3.05) is 32.1 Å². The van der Waals surface area contributed by atoms with Crippen molar-refractivity contribution in [2.24, 2.45) is 0 Å². The Morgan fingerprint density at radius 2 is 1.89 bits per heavy atom. The van der Waals surface area contributed by atoms with Crippen LogP contribution >= 0.6 is 0 Å². The summed E-state index contributed by atoms with van der Waals surface area (Å²) in [5.74, 6) is -1.64. The highest BCUT2D eigenvalue weighted by atomic mass is 19.1. The van der Waals surface area contributed by atoms with Crippen LogP contribution in [0.15, 0.2) is 12.1 Å². The molecule has 0 aliphatic heterocycles. The standard InChI is InChI=1S/C13H19F2N3O/c1-4-17-7-9-5-10(14)13(11(15)6-9)18(3)8-12(19)16-2/h5-6,17H,4,7-8H2,1-3H3,(H,16,19). The SMILES string of the molecule is CCNCc1cc(F)c(N(C)CC(=O)NC)c(F)c1. The van der Waals surface area contributed by atoms with Gasteiger partial charge in [0.05, 0.1) is 6.54 Å². The van der Waals surface area contributed by atoms with E-state index in [-0.39, 0.29) is 18.1 Å². The molecule has 1 aromatic rings. The van der Waals surface area contributed by atoms with Crippen molar-refractivity contribution < 1.29 is 13.6 Å². The minimum absolute atomic E-state index is 0.100. The summed E-state index contributed by atoms with van der Waals surface area (Å²) in [6.07, 6.45) is 0. The van der Waals surface area contributed by atoms with Crippen molar-refractivity contribution in [1.29, 1.82) is 0 Å². The van der Waals surface area contributed by atoms with Gasteiger partial charge in [0.2, 0.25) is 5.91 Å². The van der Waals surface area contributed by atoms with E-state index in [0.29, 0.717) is 12.1 Å². The predicted octanol–water partition coefficient (Wildman–Crippen LogP) is 1.26. The number of carbonyl (C=O) groups excluding carboxylic acids is 1. The zero-order chi connectivity index (χ0) is 14.4. The van der Waals surface area contributed by atoms with Gasteiger partial charge in [0.25, 0.3) is 0 Å². The Labute approximate surface area is 111 Å². The number of rotatable bonds is 6. The summed E-state index contributed by atoms with van der Waals surface area (Å²) < 4.78 is 27.8. The predicted molar refractivity (Wildman–Crippen MR) is 71.1 cm³/mol. The number of likely N-dealkylation sites (N-methyl/N-ethyl adjacent to an activating group) is 2. The lowest BCUT2D eigenvalue weighted by atomic mass is 10.1. The minimum Gasteiger partial charge on any atom is -0.361 e. The average molecular weight is 271 g/mol. The molecule has 1 amide bonds.